The number of benzene rings is 6. The topological polar surface area (TPSA) is 12.9 Å². The molecule has 1 aromatic heterocycles. The van der Waals surface area contributed by atoms with Crippen LogP contribution in [0, 0.1) is 0 Å². The Bertz CT molecular complexity index is 2060. The van der Waals surface area contributed by atoms with Crippen LogP contribution in [0.4, 0.5) is 0 Å². The molecular formula is C42H31N. The fourth-order valence-corrected chi connectivity index (χ4v) is 6.85. The van der Waals surface area contributed by atoms with E-state index in [-0.39, 0.29) is 5.41 Å². The van der Waals surface area contributed by atoms with Crippen LogP contribution in [0.1, 0.15) is 25.0 Å². The average molecular weight is 550 g/mol. The maximum atomic E-state index is 5.16. The zero-order chi connectivity index (χ0) is 29.0. The first-order chi connectivity index (χ1) is 21.1. The number of fused-ring (bicyclic) bond motifs is 4. The summed E-state index contributed by atoms with van der Waals surface area (Å²) in [4.78, 5) is 5.16. The van der Waals surface area contributed by atoms with Gasteiger partial charge in [0.1, 0.15) is 0 Å². The highest BCUT2D eigenvalue weighted by Crippen LogP contribution is 2.54. The van der Waals surface area contributed by atoms with E-state index in [0.29, 0.717) is 0 Å². The predicted octanol–water partition coefficient (Wildman–Crippen LogP) is 11.2. The largest absolute Gasteiger partial charge is 0.248 e. The lowest BCUT2D eigenvalue weighted by molar-refractivity contribution is 0.661. The van der Waals surface area contributed by atoms with Crippen molar-refractivity contribution in [1.29, 1.82) is 0 Å². The first kappa shape index (κ1) is 25.4. The molecule has 204 valence electrons. The molecule has 0 atom stereocenters. The number of hydrogen-bond acceptors (Lipinski definition) is 1. The Morgan fingerprint density at radius 1 is 0.419 bits per heavy atom. The van der Waals surface area contributed by atoms with Gasteiger partial charge in [-0.1, -0.05) is 147 Å². The zero-order valence-corrected chi connectivity index (χ0v) is 24.4. The molecule has 1 aliphatic carbocycles. The number of hydrogen-bond donors (Lipinski definition) is 0. The molecule has 43 heavy (non-hydrogen) atoms. The molecule has 0 aliphatic heterocycles. The van der Waals surface area contributed by atoms with Crippen LogP contribution in [-0.4, -0.2) is 4.98 Å². The van der Waals surface area contributed by atoms with Gasteiger partial charge in [0.25, 0.3) is 0 Å². The minimum absolute atomic E-state index is 0.0553. The van der Waals surface area contributed by atoms with Gasteiger partial charge < -0.3 is 0 Å². The van der Waals surface area contributed by atoms with E-state index >= 15 is 0 Å². The van der Waals surface area contributed by atoms with Crippen molar-refractivity contribution < 1.29 is 0 Å². The van der Waals surface area contributed by atoms with Gasteiger partial charge >= 0.3 is 0 Å². The van der Waals surface area contributed by atoms with E-state index in [1.165, 1.54) is 55.3 Å². The minimum atomic E-state index is -0.0553. The summed E-state index contributed by atoms with van der Waals surface area (Å²) in [6.45, 7) is 4.71. The highest BCUT2D eigenvalue weighted by atomic mass is 14.7. The fourth-order valence-electron chi connectivity index (χ4n) is 6.85. The molecule has 8 rings (SSSR count). The molecule has 0 radical (unpaired) electrons. The van der Waals surface area contributed by atoms with Crippen molar-refractivity contribution >= 4 is 10.8 Å². The SMILES string of the molecule is CC1(C)c2ccccc2-c2c1cc1ccccc1c2-c1ccc(-c2cc(-c3ccccc3)cc(-c3ccccc3)n2)cc1. The van der Waals surface area contributed by atoms with Crippen molar-refractivity contribution in [1.82, 2.24) is 4.98 Å². The fraction of sp³-hybridized carbons (Fsp3) is 0.0714. The number of rotatable bonds is 4. The Morgan fingerprint density at radius 3 is 1.70 bits per heavy atom. The summed E-state index contributed by atoms with van der Waals surface area (Å²) in [5.41, 5.74) is 14.5. The lowest BCUT2D eigenvalue weighted by atomic mass is 9.80. The summed E-state index contributed by atoms with van der Waals surface area (Å²) < 4.78 is 0. The van der Waals surface area contributed by atoms with Gasteiger partial charge in [0.15, 0.2) is 0 Å². The van der Waals surface area contributed by atoms with Gasteiger partial charge in [0.2, 0.25) is 0 Å². The minimum Gasteiger partial charge on any atom is -0.248 e. The second kappa shape index (κ2) is 9.93. The lowest BCUT2D eigenvalue weighted by Crippen LogP contribution is -2.14. The lowest BCUT2D eigenvalue weighted by Gasteiger charge is -2.23. The highest BCUT2D eigenvalue weighted by Gasteiger charge is 2.37. The molecule has 1 nitrogen and oxygen atoms in total. The van der Waals surface area contributed by atoms with E-state index in [2.05, 4.69) is 159 Å². The second-order valence-corrected chi connectivity index (χ2v) is 12.0. The monoisotopic (exact) mass is 549 g/mol. The summed E-state index contributed by atoms with van der Waals surface area (Å²) in [6.07, 6.45) is 0. The molecule has 1 heteroatoms. The summed E-state index contributed by atoms with van der Waals surface area (Å²) in [5, 5.41) is 2.57. The highest BCUT2D eigenvalue weighted by molar-refractivity contribution is 6.08. The predicted molar refractivity (Wildman–Crippen MR) is 181 cm³/mol. The van der Waals surface area contributed by atoms with Crippen molar-refractivity contribution in [2.24, 2.45) is 0 Å². The van der Waals surface area contributed by atoms with Gasteiger partial charge in [-0.2, -0.15) is 0 Å². The molecule has 0 spiro atoms. The van der Waals surface area contributed by atoms with Crippen molar-refractivity contribution in [3.8, 4) is 55.9 Å². The number of nitrogens with zero attached hydrogens (tertiary/aromatic N) is 1. The summed E-state index contributed by atoms with van der Waals surface area (Å²) >= 11 is 0. The van der Waals surface area contributed by atoms with Crippen LogP contribution < -0.4 is 0 Å². The first-order valence-corrected chi connectivity index (χ1v) is 15.0. The normalized spacial score (nSPS) is 13.1. The Labute approximate surface area is 253 Å². The van der Waals surface area contributed by atoms with E-state index < -0.39 is 0 Å². The van der Waals surface area contributed by atoms with Crippen molar-refractivity contribution in [3.05, 3.63) is 163 Å². The van der Waals surface area contributed by atoms with Crippen LogP contribution in [-0.2, 0) is 5.41 Å². The van der Waals surface area contributed by atoms with Crippen LogP contribution in [0.3, 0.4) is 0 Å². The van der Waals surface area contributed by atoms with Crippen molar-refractivity contribution in [3.63, 3.8) is 0 Å². The van der Waals surface area contributed by atoms with Crippen LogP contribution in [0.25, 0.3) is 66.7 Å². The molecule has 0 unspecified atom stereocenters. The smallest absolute Gasteiger partial charge is 0.0715 e. The average Bonchev–Trinajstić information content (AvgIpc) is 3.30. The standard InChI is InChI=1S/C42H31N/c1-42(2)36-20-12-11-19-35(36)41-37(42)25-32-17-9-10-18-34(32)40(41)31-23-21-30(22-24-31)39-27-33(28-13-5-3-6-14-28)26-38(43-39)29-15-7-4-8-16-29/h3-27H,1-2H3. The van der Waals surface area contributed by atoms with Crippen molar-refractivity contribution in [2.45, 2.75) is 19.3 Å². The van der Waals surface area contributed by atoms with Crippen LogP contribution >= 0.6 is 0 Å². The molecule has 0 fully saturated rings. The van der Waals surface area contributed by atoms with Gasteiger partial charge in [0.05, 0.1) is 11.4 Å². The third-order valence-electron chi connectivity index (χ3n) is 9.06. The van der Waals surface area contributed by atoms with Gasteiger partial charge in [-0.15, -0.1) is 0 Å². The van der Waals surface area contributed by atoms with E-state index in [1.807, 2.05) is 6.07 Å². The Morgan fingerprint density at radius 2 is 0.977 bits per heavy atom. The molecule has 0 N–H and O–H groups in total. The molecule has 0 bridgehead atoms. The molecule has 0 saturated heterocycles. The van der Waals surface area contributed by atoms with Crippen LogP contribution in [0.5, 0.6) is 0 Å². The van der Waals surface area contributed by atoms with Crippen LogP contribution in [0.2, 0.25) is 0 Å². The van der Waals surface area contributed by atoms with E-state index in [9.17, 15) is 0 Å². The Hall–Kier alpha value is -5.27. The second-order valence-electron chi connectivity index (χ2n) is 12.0. The van der Waals surface area contributed by atoms with Crippen LogP contribution in [0.15, 0.2) is 152 Å². The number of aromatic nitrogens is 1. The maximum absolute atomic E-state index is 5.16. The molecular weight excluding hydrogens is 518 g/mol. The van der Waals surface area contributed by atoms with Gasteiger partial charge in [-0.3, -0.25) is 0 Å². The summed E-state index contributed by atoms with van der Waals surface area (Å²) in [6, 6.07) is 54.6. The molecule has 1 heterocycles. The molecule has 0 saturated carbocycles. The Balaban J connectivity index is 1.30. The third kappa shape index (κ3) is 4.20. The van der Waals surface area contributed by atoms with E-state index in [0.717, 1.165) is 22.5 Å². The van der Waals surface area contributed by atoms with Gasteiger partial charge in [0, 0.05) is 16.5 Å². The zero-order valence-electron chi connectivity index (χ0n) is 24.4. The summed E-state index contributed by atoms with van der Waals surface area (Å²) in [5.74, 6) is 0. The summed E-state index contributed by atoms with van der Waals surface area (Å²) in [7, 11) is 0. The molecule has 6 aromatic carbocycles. The first-order valence-electron chi connectivity index (χ1n) is 15.0. The molecule has 7 aromatic rings. The number of pyridine rings is 1. The Kier molecular flexibility index (Phi) is 5.87. The van der Waals surface area contributed by atoms with Gasteiger partial charge in [-0.05, 0) is 73.5 Å². The maximum Gasteiger partial charge on any atom is 0.0715 e. The molecule has 1 aliphatic rings. The van der Waals surface area contributed by atoms with Gasteiger partial charge in [-0.25, -0.2) is 4.98 Å². The van der Waals surface area contributed by atoms with E-state index in [1.54, 1.807) is 0 Å². The van der Waals surface area contributed by atoms with Crippen molar-refractivity contribution in [2.75, 3.05) is 0 Å². The quantitative estimate of drug-likeness (QED) is 0.213. The molecule has 0 amide bonds. The third-order valence-corrected chi connectivity index (χ3v) is 9.06. The van der Waals surface area contributed by atoms with E-state index in [4.69, 9.17) is 4.98 Å².